The number of rotatable bonds is 6. The number of nitrogens with one attached hydrogen (secondary N) is 1. The highest BCUT2D eigenvalue weighted by Crippen LogP contribution is 2.19. The van der Waals surface area contributed by atoms with Gasteiger partial charge in [0.1, 0.15) is 5.75 Å². The molecule has 1 saturated carbocycles. The zero-order chi connectivity index (χ0) is 14.2. The van der Waals surface area contributed by atoms with Crippen molar-refractivity contribution < 1.29 is 9.53 Å². The molecule has 0 atom stereocenters. The lowest BCUT2D eigenvalue weighted by molar-refractivity contribution is -0.119. The molecule has 0 bridgehead atoms. The lowest BCUT2D eigenvalue weighted by atomic mass is 9.95. The quantitative estimate of drug-likeness (QED) is 0.874. The van der Waals surface area contributed by atoms with Crippen molar-refractivity contribution in [1.82, 2.24) is 5.32 Å². The first-order valence-corrected chi connectivity index (χ1v) is 8.43. The summed E-state index contributed by atoms with van der Waals surface area (Å²) >= 11 is 1.66. The van der Waals surface area contributed by atoms with E-state index in [1.165, 1.54) is 24.8 Å². The zero-order valence-electron chi connectivity index (χ0n) is 12.1. The molecule has 1 aliphatic carbocycles. The van der Waals surface area contributed by atoms with E-state index in [9.17, 15) is 4.79 Å². The third kappa shape index (κ3) is 5.08. The van der Waals surface area contributed by atoms with Gasteiger partial charge in [0.2, 0.25) is 5.91 Å². The van der Waals surface area contributed by atoms with Crippen molar-refractivity contribution in [1.29, 1.82) is 0 Å². The van der Waals surface area contributed by atoms with Gasteiger partial charge in [-0.15, -0.1) is 11.8 Å². The molecule has 20 heavy (non-hydrogen) atoms. The molecular weight excluding hydrogens is 270 g/mol. The molecule has 0 unspecified atom stereocenters. The Morgan fingerprint density at radius 2 is 1.95 bits per heavy atom. The molecule has 0 aliphatic heterocycles. The van der Waals surface area contributed by atoms with Crippen molar-refractivity contribution in [3.63, 3.8) is 0 Å². The molecule has 2 rings (SSSR count). The first-order chi connectivity index (χ1) is 9.78. The molecule has 0 spiro atoms. The van der Waals surface area contributed by atoms with Crippen LogP contribution in [0.15, 0.2) is 24.3 Å². The van der Waals surface area contributed by atoms with Crippen molar-refractivity contribution in [3.8, 4) is 5.75 Å². The molecule has 3 nitrogen and oxygen atoms in total. The van der Waals surface area contributed by atoms with E-state index in [4.69, 9.17) is 4.74 Å². The van der Waals surface area contributed by atoms with Gasteiger partial charge in [0.25, 0.3) is 0 Å². The van der Waals surface area contributed by atoms with Gasteiger partial charge in [-0.05, 0) is 30.5 Å². The Bertz CT molecular complexity index is 413. The van der Waals surface area contributed by atoms with Crippen LogP contribution in [-0.2, 0) is 10.5 Å². The van der Waals surface area contributed by atoms with E-state index in [-0.39, 0.29) is 5.91 Å². The van der Waals surface area contributed by atoms with Crippen LogP contribution in [0, 0.1) is 0 Å². The number of benzene rings is 1. The highest BCUT2D eigenvalue weighted by Gasteiger charge is 2.15. The van der Waals surface area contributed by atoms with Gasteiger partial charge in [-0.1, -0.05) is 31.4 Å². The standard InChI is InChI=1S/C16H23NO2S/c1-19-15-9-7-13(8-10-15)11-20-12-16(18)17-14-5-3-2-4-6-14/h7-10,14H,2-6,11-12H2,1H3,(H,17,18). The third-order valence-corrected chi connectivity index (χ3v) is 4.63. The van der Waals surface area contributed by atoms with Gasteiger partial charge >= 0.3 is 0 Å². The van der Waals surface area contributed by atoms with Gasteiger partial charge in [0, 0.05) is 11.8 Å². The van der Waals surface area contributed by atoms with Crippen LogP contribution in [0.3, 0.4) is 0 Å². The number of thioether (sulfide) groups is 1. The Kier molecular flexibility index (Phi) is 6.25. The highest BCUT2D eigenvalue weighted by molar-refractivity contribution is 7.99. The SMILES string of the molecule is COc1ccc(CSCC(=O)NC2CCCCC2)cc1. The lowest BCUT2D eigenvalue weighted by Gasteiger charge is -2.22. The molecule has 1 fully saturated rings. The normalized spacial score (nSPS) is 15.8. The predicted molar refractivity (Wildman–Crippen MR) is 84.2 cm³/mol. The molecule has 1 amide bonds. The minimum absolute atomic E-state index is 0.176. The van der Waals surface area contributed by atoms with Gasteiger partial charge in [-0.2, -0.15) is 0 Å². The molecule has 4 heteroatoms. The molecule has 1 N–H and O–H groups in total. The smallest absolute Gasteiger partial charge is 0.230 e. The maximum Gasteiger partial charge on any atom is 0.230 e. The van der Waals surface area contributed by atoms with Crippen LogP contribution in [0.25, 0.3) is 0 Å². The fourth-order valence-electron chi connectivity index (χ4n) is 2.50. The first kappa shape index (κ1) is 15.2. The summed E-state index contributed by atoms with van der Waals surface area (Å²) in [6.45, 7) is 0. The van der Waals surface area contributed by atoms with E-state index in [1.807, 2.05) is 24.3 Å². The van der Waals surface area contributed by atoms with E-state index >= 15 is 0 Å². The van der Waals surface area contributed by atoms with Crippen LogP contribution in [0.4, 0.5) is 0 Å². The monoisotopic (exact) mass is 293 g/mol. The zero-order valence-corrected chi connectivity index (χ0v) is 12.9. The average Bonchev–Trinajstić information content (AvgIpc) is 2.49. The molecule has 1 aliphatic rings. The van der Waals surface area contributed by atoms with Crippen LogP contribution in [0.1, 0.15) is 37.7 Å². The number of methoxy groups -OCH3 is 1. The number of ether oxygens (including phenoxy) is 1. The molecular formula is C16H23NO2S. The van der Waals surface area contributed by atoms with Crippen LogP contribution < -0.4 is 10.1 Å². The Balaban J connectivity index is 1.65. The summed E-state index contributed by atoms with van der Waals surface area (Å²) in [5.41, 5.74) is 1.22. The molecule has 0 aromatic heterocycles. The number of hydrogen-bond donors (Lipinski definition) is 1. The minimum atomic E-state index is 0.176. The van der Waals surface area contributed by atoms with Gasteiger partial charge < -0.3 is 10.1 Å². The lowest BCUT2D eigenvalue weighted by Crippen LogP contribution is -2.37. The molecule has 1 aromatic rings. The second kappa shape index (κ2) is 8.20. The number of amides is 1. The Hall–Kier alpha value is -1.16. The van der Waals surface area contributed by atoms with Gasteiger partial charge in [0.15, 0.2) is 0 Å². The fraction of sp³-hybridized carbons (Fsp3) is 0.562. The minimum Gasteiger partial charge on any atom is -0.497 e. The summed E-state index contributed by atoms with van der Waals surface area (Å²) < 4.78 is 5.13. The Morgan fingerprint density at radius 1 is 1.25 bits per heavy atom. The maximum atomic E-state index is 11.8. The first-order valence-electron chi connectivity index (χ1n) is 7.28. The maximum absolute atomic E-state index is 11.8. The largest absolute Gasteiger partial charge is 0.497 e. The molecule has 0 radical (unpaired) electrons. The molecule has 0 heterocycles. The van der Waals surface area contributed by atoms with Crippen LogP contribution in [0.2, 0.25) is 0 Å². The van der Waals surface area contributed by atoms with Crippen molar-refractivity contribution in [2.24, 2.45) is 0 Å². The van der Waals surface area contributed by atoms with Gasteiger partial charge in [0.05, 0.1) is 12.9 Å². The molecule has 110 valence electrons. The summed E-state index contributed by atoms with van der Waals surface area (Å²) in [5.74, 6) is 2.45. The summed E-state index contributed by atoms with van der Waals surface area (Å²) in [4.78, 5) is 11.8. The number of carbonyl (C=O) groups excluding carboxylic acids is 1. The summed E-state index contributed by atoms with van der Waals surface area (Å²) in [7, 11) is 1.67. The van der Waals surface area contributed by atoms with Crippen LogP contribution in [0.5, 0.6) is 5.75 Å². The summed E-state index contributed by atoms with van der Waals surface area (Å²) in [6.07, 6.45) is 6.12. The van der Waals surface area contributed by atoms with Crippen LogP contribution >= 0.6 is 11.8 Å². The third-order valence-electron chi connectivity index (χ3n) is 3.63. The van der Waals surface area contributed by atoms with Gasteiger partial charge in [-0.25, -0.2) is 0 Å². The van der Waals surface area contributed by atoms with E-state index in [1.54, 1.807) is 18.9 Å². The summed E-state index contributed by atoms with van der Waals surface area (Å²) in [6, 6.07) is 8.42. The molecule has 1 aromatic carbocycles. The topological polar surface area (TPSA) is 38.3 Å². The van der Waals surface area contributed by atoms with Crippen molar-refractivity contribution in [3.05, 3.63) is 29.8 Å². The van der Waals surface area contributed by atoms with Crippen molar-refractivity contribution in [2.75, 3.05) is 12.9 Å². The van der Waals surface area contributed by atoms with Crippen molar-refractivity contribution >= 4 is 17.7 Å². The number of hydrogen-bond acceptors (Lipinski definition) is 3. The second-order valence-electron chi connectivity index (χ2n) is 5.24. The molecule has 0 saturated heterocycles. The number of carbonyl (C=O) groups is 1. The van der Waals surface area contributed by atoms with Crippen molar-refractivity contribution in [2.45, 2.75) is 43.9 Å². The second-order valence-corrected chi connectivity index (χ2v) is 6.23. The van der Waals surface area contributed by atoms with Crippen LogP contribution in [-0.4, -0.2) is 24.8 Å². The summed E-state index contributed by atoms with van der Waals surface area (Å²) in [5, 5.41) is 3.14. The van der Waals surface area contributed by atoms with E-state index < -0.39 is 0 Å². The predicted octanol–water partition coefficient (Wildman–Crippen LogP) is 3.38. The van der Waals surface area contributed by atoms with E-state index in [0.29, 0.717) is 11.8 Å². The highest BCUT2D eigenvalue weighted by atomic mass is 32.2. The fourth-order valence-corrected chi connectivity index (χ4v) is 3.30. The Morgan fingerprint density at radius 3 is 2.60 bits per heavy atom. The van der Waals surface area contributed by atoms with E-state index in [0.717, 1.165) is 24.3 Å². The Labute approximate surface area is 125 Å². The average molecular weight is 293 g/mol. The van der Waals surface area contributed by atoms with E-state index in [2.05, 4.69) is 5.32 Å². The van der Waals surface area contributed by atoms with Gasteiger partial charge in [-0.3, -0.25) is 4.79 Å².